The maximum atomic E-state index is 12.3. The first kappa shape index (κ1) is 17.7. The predicted octanol–water partition coefficient (Wildman–Crippen LogP) is 3.42. The van der Waals surface area contributed by atoms with E-state index in [9.17, 15) is 9.59 Å². The second-order valence-electron chi connectivity index (χ2n) is 6.01. The minimum absolute atomic E-state index is 0.0602. The largest absolute Gasteiger partial charge is 0.492 e. The zero-order valence-corrected chi connectivity index (χ0v) is 14.7. The van der Waals surface area contributed by atoms with Crippen molar-refractivity contribution in [3.05, 3.63) is 59.7 Å². The number of hydrogen-bond acceptors (Lipinski definition) is 5. The average Bonchev–Trinajstić information content (AvgIpc) is 2.66. The zero-order valence-electron chi connectivity index (χ0n) is 14.7. The van der Waals surface area contributed by atoms with Gasteiger partial charge in [0.25, 0.3) is 5.91 Å². The number of anilines is 1. The van der Waals surface area contributed by atoms with Crippen molar-refractivity contribution in [2.24, 2.45) is 5.16 Å². The van der Waals surface area contributed by atoms with Gasteiger partial charge in [-0.1, -0.05) is 29.4 Å². The van der Waals surface area contributed by atoms with Gasteiger partial charge in [-0.05, 0) is 38.1 Å². The summed E-state index contributed by atoms with van der Waals surface area (Å²) in [5, 5.41) is 6.89. The first-order chi connectivity index (χ1) is 12.5. The second kappa shape index (κ2) is 7.82. The maximum absolute atomic E-state index is 12.3. The summed E-state index contributed by atoms with van der Waals surface area (Å²) in [6.07, 6.45) is -0.162. The Kier molecular flexibility index (Phi) is 5.31. The van der Waals surface area contributed by atoms with Crippen LogP contribution in [-0.4, -0.2) is 30.1 Å². The lowest BCUT2D eigenvalue weighted by Gasteiger charge is -2.19. The minimum atomic E-state index is -0.779. The Hall–Kier alpha value is -3.15. The van der Waals surface area contributed by atoms with Crippen LogP contribution in [0.2, 0.25) is 0 Å². The van der Waals surface area contributed by atoms with Crippen LogP contribution in [0.5, 0.6) is 5.75 Å². The number of ketones is 1. The molecule has 0 radical (unpaired) electrons. The van der Waals surface area contributed by atoms with Crippen molar-refractivity contribution in [3.63, 3.8) is 0 Å². The number of Topliss-reactive ketones (excluding diaryl/α,β-unsaturated/α-hetero) is 1. The normalized spacial score (nSPS) is 15.5. The summed E-state index contributed by atoms with van der Waals surface area (Å²) in [4.78, 5) is 29.1. The lowest BCUT2D eigenvalue weighted by atomic mass is 10.0. The van der Waals surface area contributed by atoms with E-state index in [-0.39, 0.29) is 11.7 Å². The van der Waals surface area contributed by atoms with Gasteiger partial charge in [-0.15, -0.1) is 0 Å². The Morgan fingerprint density at radius 3 is 2.81 bits per heavy atom. The summed E-state index contributed by atoms with van der Waals surface area (Å²) in [6.45, 7) is 3.63. The van der Waals surface area contributed by atoms with Crippen LogP contribution in [0.3, 0.4) is 0 Å². The van der Waals surface area contributed by atoms with Gasteiger partial charge in [-0.3, -0.25) is 9.59 Å². The number of nitrogens with zero attached hydrogens (tertiary/aromatic N) is 1. The molecular formula is C20H20N2O4. The molecular weight excluding hydrogens is 332 g/mol. The Balaban J connectivity index is 1.65. The quantitative estimate of drug-likeness (QED) is 0.661. The third-order valence-corrected chi connectivity index (χ3v) is 4.02. The van der Waals surface area contributed by atoms with Crippen molar-refractivity contribution in [2.75, 3.05) is 11.9 Å². The summed E-state index contributed by atoms with van der Waals surface area (Å²) in [7, 11) is 0. The Morgan fingerprint density at radius 1 is 1.19 bits per heavy atom. The van der Waals surface area contributed by atoms with Gasteiger partial charge >= 0.3 is 0 Å². The molecule has 1 unspecified atom stereocenters. The SMILES string of the molecule is CC(=O)c1cccc(NC(=O)C(C)O/N=C2/CCOc3ccccc32)c1. The van der Waals surface area contributed by atoms with Crippen molar-refractivity contribution in [3.8, 4) is 5.75 Å². The van der Waals surface area contributed by atoms with Crippen LogP contribution in [0.1, 0.15) is 36.2 Å². The fourth-order valence-electron chi connectivity index (χ4n) is 2.57. The first-order valence-corrected chi connectivity index (χ1v) is 8.41. The van der Waals surface area contributed by atoms with Gasteiger partial charge in [0.2, 0.25) is 6.10 Å². The molecule has 1 atom stereocenters. The fourth-order valence-corrected chi connectivity index (χ4v) is 2.57. The van der Waals surface area contributed by atoms with Gasteiger partial charge in [-0.2, -0.15) is 0 Å². The topological polar surface area (TPSA) is 77.0 Å². The van der Waals surface area contributed by atoms with Crippen molar-refractivity contribution in [1.82, 2.24) is 0 Å². The number of ether oxygens (including phenoxy) is 1. The zero-order chi connectivity index (χ0) is 18.5. The highest BCUT2D eigenvalue weighted by Gasteiger charge is 2.19. The number of benzene rings is 2. The van der Waals surface area contributed by atoms with Crippen molar-refractivity contribution < 1.29 is 19.2 Å². The van der Waals surface area contributed by atoms with E-state index in [1.54, 1.807) is 31.2 Å². The van der Waals surface area contributed by atoms with Crippen LogP contribution in [-0.2, 0) is 9.63 Å². The van der Waals surface area contributed by atoms with E-state index in [4.69, 9.17) is 9.57 Å². The molecule has 134 valence electrons. The molecule has 26 heavy (non-hydrogen) atoms. The van der Waals surface area contributed by atoms with E-state index < -0.39 is 6.10 Å². The standard InChI is InChI=1S/C20H20N2O4/c1-13(23)15-6-5-7-16(12-15)21-20(24)14(2)26-22-18-10-11-25-19-9-4-3-8-17(18)19/h3-9,12,14H,10-11H2,1-2H3,(H,21,24)/b22-18-. The van der Waals surface area contributed by atoms with Crippen LogP contribution in [0.25, 0.3) is 0 Å². The van der Waals surface area contributed by atoms with Crippen LogP contribution in [0.15, 0.2) is 53.7 Å². The monoisotopic (exact) mass is 352 g/mol. The molecule has 0 fully saturated rings. The van der Waals surface area contributed by atoms with Crippen molar-refractivity contribution in [2.45, 2.75) is 26.4 Å². The number of carbonyl (C=O) groups is 2. The first-order valence-electron chi connectivity index (χ1n) is 8.41. The van der Waals surface area contributed by atoms with Gasteiger partial charge in [0, 0.05) is 23.2 Å². The van der Waals surface area contributed by atoms with Crippen LogP contribution in [0, 0.1) is 0 Å². The molecule has 0 aliphatic carbocycles. The maximum Gasteiger partial charge on any atom is 0.267 e. The average molecular weight is 352 g/mol. The molecule has 1 aliphatic rings. The van der Waals surface area contributed by atoms with E-state index in [1.165, 1.54) is 6.92 Å². The summed E-state index contributed by atoms with van der Waals surface area (Å²) < 4.78 is 5.57. The highest BCUT2D eigenvalue weighted by Crippen LogP contribution is 2.24. The van der Waals surface area contributed by atoms with E-state index in [0.717, 1.165) is 17.0 Å². The molecule has 6 heteroatoms. The van der Waals surface area contributed by atoms with Gasteiger partial charge in [0.05, 0.1) is 12.3 Å². The molecule has 0 aromatic heterocycles. The van der Waals surface area contributed by atoms with E-state index in [1.807, 2.05) is 24.3 Å². The molecule has 2 aromatic carbocycles. The van der Waals surface area contributed by atoms with Crippen LogP contribution >= 0.6 is 0 Å². The number of carbonyl (C=O) groups excluding carboxylic acids is 2. The minimum Gasteiger partial charge on any atom is -0.492 e. The van der Waals surface area contributed by atoms with Gasteiger partial charge in [0.15, 0.2) is 5.78 Å². The lowest BCUT2D eigenvalue weighted by Crippen LogP contribution is -2.27. The fraction of sp³-hybridized carbons (Fsp3) is 0.250. The summed E-state index contributed by atoms with van der Waals surface area (Å²) >= 11 is 0. The third-order valence-electron chi connectivity index (χ3n) is 4.02. The molecule has 0 bridgehead atoms. The molecule has 0 saturated heterocycles. The molecule has 0 saturated carbocycles. The number of oxime groups is 1. The molecule has 1 N–H and O–H groups in total. The van der Waals surface area contributed by atoms with Crippen molar-refractivity contribution in [1.29, 1.82) is 0 Å². The number of hydrogen-bond donors (Lipinski definition) is 1. The number of amides is 1. The third kappa shape index (κ3) is 4.08. The number of rotatable bonds is 5. The highest BCUT2D eigenvalue weighted by molar-refractivity contribution is 6.03. The Morgan fingerprint density at radius 2 is 2.00 bits per heavy atom. The lowest BCUT2D eigenvalue weighted by molar-refractivity contribution is -0.126. The highest BCUT2D eigenvalue weighted by atomic mass is 16.6. The van der Waals surface area contributed by atoms with Gasteiger partial charge < -0.3 is 14.9 Å². The molecule has 3 rings (SSSR count). The molecule has 1 amide bonds. The number of nitrogens with one attached hydrogen (secondary N) is 1. The summed E-state index contributed by atoms with van der Waals surface area (Å²) in [5.74, 6) is 0.365. The summed E-state index contributed by atoms with van der Waals surface area (Å²) in [5.41, 5.74) is 2.71. The van der Waals surface area contributed by atoms with Gasteiger partial charge in [0.1, 0.15) is 5.75 Å². The molecule has 6 nitrogen and oxygen atoms in total. The second-order valence-corrected chi connectivity index (χ2v) is 6.01. The van der Waals surface area contributed by atoms with Gasteiger partial charge in [-0.25, -0.2) is 0 Å². The predicted molar refractivity (Wildman–Crippen MR) is 98.7 cm³/mol. The number of para-hydroxylation sites is 1. The Bertz CT molecular complexity index is 860. The summed E-state index contributed by atoms with van der Waals surface area (Å²) in [6, 6.07) is 14.4. The van der Waals surface area contributed by atoms with E-state index in [0.29, 0.717) is 24.3 Å². The Labute approximate surface area is 151 Å². The van der Waals surface area contributed by atoms with Crippen molar-refractivity contribution >= 4 is 23.1 Å². The molecule has 2 aromatic rings. The van der Waals surface area contributed by atoms with Crippen LogP contribution in [0.4, 0.5) is 5.69 Å². The smallest absolute Gasteiger partial charge is 0.267 e. The molecule has 0 spiro atoms. The number of fused-ring (bicyclic) bond motifs is 1. The molecule has 1 aliphatic heterocycles. The van der Waals surface area contributed by atoms with Crippen LogP contribution < -0.4 is 10.1 Å². The van der Waals surface area contributed by atoms with E-state index >= 15 is 0 Å². The molecule has 1 heterocycles. The van der Waals surface area contributed by atoms with E-state index in [2.05, 4.69) is 10.5 Å².